The van der Waals surface area contributed by atoms with E-state index in [1.54, 1.807) is 11.3 Å². The molecule has 1 fully saturated rings. The Morgan fingerprint density at radius 3 is 2.33 bits per heavy atom. The second-order valence-electron chi connectivity index (χ2n) is 7.08. The summed E-state index contributed by atoms with van der Waals surface area (Å²) in [5, 5.41) is 13.5. The molecule has 2 aromatic heterocycles. The Bertz CT molecular complexity index is 906. The standard InChI is InChI=1S/C20H23N5OS/c1-14-11-15(2)13-17(12-14)21-18(26)16-5-9-25(10-6-16)20-23-22-19(27-20)24-7-3-4-8-24/h3-4,7-8,11-13,16H,5-6,9-10H2,1-2H3,(H,21,26). The molecule has 1 aliphatic rings. The Labute approximate surface area is 162 Å². The number of hydrogen-bond acceptors (Lipinski definition) is 5. The largest absolute Gasteiger partial charge is 0.347 e. The zero-order chi connectivity index (χ0) is 18.8. The Balaban J connectivity index is 1.35. The van der Waals surface area contributed by atoms with Gasteiger partial charge in [-0.3, -0.25) is 9.36 Å². The summed E-state index contributed by atoms with van der Waals surface area (Å²) in [6.07, 6.45) is 5.59. The molecule has 0 aliphatic carbocycles. The van der Waals surface area contributed by atoms with Crippen LogP contribution in [0.15, 0.2) is 42.7 Å². The summed E-state index contributed by atoms with van der Waals surface area (Å²) in [7, 11) is 0. The highest BCUT2D eigenvalue weighted by atomic mass is 32.1. The lowest BCUT2D eigenvalue weighted by atomic mass is 9.96. The summed E-state index contributed by atoms with van der Waals surface area (Å²) in [6, 6.07) is 10.1. The molecule has 27 heavy (non-hydrogen) atoms. The van der Waals surface area contributed by atoms with Gasteiger partial charge < -0.3 is 10.2 Å². The molecule has 1 amide bonds. The Morgan fingerprint density at radius 2 is 1.67 bits per heavy atom. The second-order valence-corrected chi connectivity index (χ2v) is 8.02. The number of benzene rings is 1. The maximum Gasteiger partial charge on any atom is 0.227 e. The number of rotatable bonds is 4. The van der Waals surface area contributed by atoms with Crippen molar-refractivity contribution in [3.63, 3.8) is 0 Å². The van der Waals surface area contributed by atoms with Gasteiger partial charge in [0.1, 0.15) is 0 Å². The number of amides is 1. The molecule has 7 heteroatoms. The molecule has 0 spiro atoms. The maximum atomic E-state index is 12.6. The molecule has 3 heterocycles. The van der Waals surface area contributed by atoms with Gasteiger partial charge in [0.15, 0.2) is 0 Å². The van der Waals surface area contributed by atoms with Crippen molar-refractivity contribution in [1.29, 1.82) is 0 Å². The second kappa shape index (κ2) is 7.52. The minimum absolute atomic E-state index is 0.0407. The minimum Gasteiger partial charge on any atom is -0.347 e. The maximum absolute atomic E-state index is 12.6. The third-order valence-electron chi connectivity index (χ3n) is 4.85. The first-order valence-corrected chi connectivity index (χ1v) is 10.0. The first-order valence-electron chi connectivity index (χ1n) is 9.19. The molecule has 0 unspecified atom stereocenters. The zero-order valence-corrected chi connectivity index (χ0v) is 16.4. The normalized spacial score (nSPS) is 15.1. The van der Waals surface area contributed by atoms with Crippen molar-refractivity contribution >= 4 is 28.1 Å². The minimum atomic E-state index is 0.0407. The predicted molar refractivity (Wildman–Crippen MR) is 109 cm³/mol. The fourth-order valence-corrected chi connectivity index (χ4v) is 4.39. The smallest absolute Gasteiger partial charge is 0.227 e. The van der Waals surface area contributed by atoms with E-state index in [4.69, 9.17) is 0 Å². The average molecular weight is 382 g/mol. The van der Waals surface area contributed by atoms with Crippen molar-refractivity contribution < 1.29 is 4.79 Å². The van der Waals surface area contributed by atoms with Gasteiger partial charge in [-0.25, -0.2) is 0 Å². The molecule has 3 aromatic rings. The van der Waals surface area contributed by atoms with Gasteiger partial charge in [0.2, 0.25) is 16.2 Å². The lowest BCUT2D eigenvalue weighted by Gasteiger charge is -2.30. The molecule has 0 radical (unpaired) electrons. The average Bonchev–Trinajstić information content (AvgIpc) is 3.32. The van der Waals surface area contributed by atoms with Gasteiger partial charge in [-0.1, -0.05) is 17.4 Å². The van der Waals surface area contributed by atoms with Crippen LogP contribution in [0.1, 0.15) is 24.0 Å². The number of aryl methyl sites for hydroxylation is 2. The van der Waals surface area contributed by atoms with E-state index in [9.17, 15) is 4.79 Å². The number of nitrogens with one attached hydrogen (secondary N) is 1. The van der Waals surface area contributed by atoms with Crippen LogP contribution in [0.5, 0.6) is 0 Å². The van der Waals surface area contributed by atoms with E-state index in [0.29, 0.717) is 0 Å². The third kappa shape index (κ3) is 4.03. The Morgan fingerprint density at radius 1 is 1.04 bits per heavy atom. The SMILES string of the molecule is Cc1cc(C)cc(NC(=O)C2CCN(c3nnc(-n4cccc4)s3)CC2)c1. The van der Waals surface area contributed by atoms with Crippen LogP contribution in [0.2, 0.25) is 0 Å². The van der Waals surface area contributed by atoms with Crippen LogP contribution in [-0.2, 0) is 4.79 Å². The van der Waals surface area contributed by atoms with E-state index < -0.39 is 0 Å². The van der Waals surface area contributed by atoms with E-state index in [1.807, 2.05) is 55.1 Å². The number of carbonyl (C=O) groups is 1. The summed E-state index contributed by atoms with van der Waals surface area (Å²) < 4.78 is 1.96. The fraction of sp³-hybridized carbons (Fsp3) is 0.350. The molecule has 1 aromatic carbocycles. The van der Waals surface area contributed by atoms with Crippen LogP contribution < -0.4 is 10.2 Å². The summed E-state index contributed by atoms with van der Waals surface area (Å²) in [5.74, 6) is 0.156. The molecular formula is C20H23N5OS. The highest BCUT2D eigenvalue weighted by Crippen LogP contribution is 2.28. The highest BCUT2D eigenvalue weighted by Gasteiger charge is 2.27. The molecule has 1 saturated heterocycles. The fourth-order valence-electron chi connectivity index (χ4n) is 3.53. The van der Waals surface area contributed by atoms with Crippen LogP contribution in [0.4, 0.5) is 10.8 Å². The summed E-state index contributed by atoms with van der Waals surface area (Å²) in [4.78, 5) is 14.9. The van der Waals surface area contributed by atoms with E-state index in [-0.39, 0.29) is 11.8 Å². The zero-order valence-electron chi connectivity index (χ0n) is 15.6. The number of aromatic nitrogens is 3. The van der Waals surface area contributed by atoms with Crippen LogP contribution in [-0.4, -0.2) is 33.8 Å². The lowest BCUT2D eigenvalue weighted by molar-refractivity contribution is -0.120. The molecule has 0 bridgehead atoms. The van der Waals surface area contributed by atoms with Gasteiger partial charge in [-0.15, -0.1) is 10.2 Å². The summed E-state index contributed by atoms with van der Waals surface area (Å²) >= 11 is 1.58. The number of piperidine rings is 1. The summed E-state index contributed by atoms with van der Waals surface area (Å²) in [5.41, 5.74) is 3.21. The van der Waals surface area contributed by atoms with Gasteiger partial charge >= 0.3 is 0 Å². The molecule has 1 N–H and O–H groups in total. The van der Waals surface area contributed by atoms with Crippen molar-refractivity contribution in [2.45, 2.75) is 26.7 Å². The Kier molecular flexibility index (Phi) is 4.94. The van der Waals surface area contributed by atoms with Crippen LogP contribution in [0, 0.1) is 19.8 Å². The van der Waals surface area contributed by atoms with Gasteiger partial charge in [0.05, 0.1) is 0 Å². The van der Waals surface area contributed by atoms with Crippen molar-refractivity contribution in [3.05, 3.63) is 53.9 Å². The Hall–Kier alpha value is -2.67. The van der Waals surface area contributed by atoms with E-state index >= 15 is 0 Å². The third-order valence-corrected chi connectivity index (χ3v) is 5.85. The van der Waals surface area contributed by atoms with Crippen LogP contribution >= 0.6 is 11.3 Å². The molecule has 6 nitrogen and oxygen atoms in total. The van der Waals surface area contributed by atoms with Gasteiger partial charge in [0, 0.05) is 37.1 Å². The van der Waals surface area contributed by atoms with Gasteiger partial charge in [-0.05, 0) is 62.1 Å². The lowest BCUT2D eigenvalue weighted by Crippen LogP contribution is -2.38. The van der Waals surface area contributed by atoms with Crippen molar-refractivity contribution in [2.24, 2.45) is 5.92 Å². The molecule has 1 aliphatic heterocycles. The first kappa shape index (κ1) is 17.7. The number of carbonyl (C=O) groups excluding carboxylic acids is 1. The molecule has 4 rings (SSSR count). The molecule has 0 atom stereocenters. The van der Waals surface area contributed by atoms with E-state index in [0.717, 1.165) is 53.0 Å². The number of hydrogen-bond donors (Lipinski definition) is 1. The highest BCUT2D eigenvalue weighted by molar-refractivity contribution is 7.17. The molecule has 0 saturated carbocycles. The topological polar surface area (TPSA) is 63.1 Å². The quantitative estimate of drug-likeness (QED) is 0.747. The van der Waals surface area contributed by atoms with Gasteiger partial charge in [-0.2, -0.15) is 0 Å². The van der Waals surface area contributed by atoms with Crippen molar-refractivity contribution in [3.8, 4) is 5.13 Å². The van der Waals surface area contributed by atoms with Crippen LogP contribution in [0.3, 0.4) is 0 Å². The van der Waals surface area contributed by atoms with Gasteiger partial charge in [0.25, 0.3) is 0 Å². The van der Waals surface area contributed by atoms with Crippen molar-refractivity contribution in [1.82, 2.24) is 14.8 Å². The summed E-state index contributed by atoms with van der Waals surface area (Å²) in [6.45, 7) is 5.74. The molecule has 140 valence electrons. The molecular weight excluding hydrogens is 358 g/mol. The predicted octanol–water partition coefficient (Wildman–Crippen LogP) is 3.80. The van der Waals surface area contributed by atoms with Crippen molar-refractivity contribution in [2.75, 3.05) is 23.3 Å². The number of nitrogens with zero attached hydrogens (tertiary/aromatic N) is 4. The van der Waals surface area contributed by atoms with E-state index in [1.165, 1.54) is 0 Å². The number of anilines is 2. The monoisotopic (exact) mass is 381 g/mol. The first-order chi connectivity index (χ1) is 13.1. The van der Waals surface area contributed by atoms with E-state index in [2.05, 4.69) is 26.5 Å². The van der Waals surface area contributed by atoms with Crippen LogP contribution in [0.25, 0.3) is 5.13 Å².